The Balaban J connectivity index is 1.44. The predicted molar refractivity (Wildman–Crippen MR) is 119 cm³/mol. The number of aromatic nitrogens is 2. The van der Waals surface area contributed by atoms with Gasteiger partial charge in [-0.1, -0.05) is 18.2 Å². The number of hydrogen-bond acceptors (Lipinski definition) is 5. The summed E-state index contributed by atoms with van der Waals surface area (Å²) in [5.74, 6) is -1.14. The van der Waals surface area contributed by atoms with Gasteiger partial charge in [0.15, 0.2) is 5.69 Å². The van der Waals surface area contributed by atoms with Crippen LogP contribution in [0.1, 0.15) is 16.1 Å². The molecule has 2 N–H and O–H groups in total. The van der Waals surface area contributed by atoms with Crippen LogP contribution in [0.5, 0.6) is 0 Å². The van der Waals surface area contributed by atoms with Gasteiger partial charge in [-0.2, -0.15) is 18.3 Å². The molecule has 34 heavy (non-hydrogen) atoms. The van der Waals surface area contributed by atoms with Gasteiger partial charge in [0.1, 0.15) is 0 Å². The van der Waals surface area contributed by atoms with Crippen LogP contribution in [0.15, 0.2) is 60.8 Å². The van der Waals surface area contributed by atoms with Gasteiger partial charge in [0, 0.05) is 24.5 Å². The van der Waals surface area contributed by atoms with Gasteiger partial charge in [0.25, 0.3) is 5.91 Å². The van der Waals surface area contributed by atoms with E-state index in [1.165, 1.54) is 24.3 Å². The molecule has 3 aromatic rings. The molecule has 0 saturated carbocycles. The van der Waals surface area contributed by atoms with Crippen LogP contribution in [0, 0.1) is 0 Å². The first-order valence-electron chi connectivity index (χ1n) is 10.5. The summed E-state index contributed by atoms with van der Waals surface area (Å²) in [6.07, 6.45) is -3.90. The number of anilines is 2. The molecule has 1 aromatic heterocycles. The van der Waals surface area contributed by atoms with E-state index in [0.717, 1.165) is 6.20 Å². The molecule has 0 spiro atoms. The molecule has 2 aromatic carbocycles. The van der Waals surface area contributed by atoms with Crippen molar-refractivity contribution in [1.29, 1.82) is 0 Å². The van der Waals surface area contributed by atoms with Gasteiger partial charge in [-0.25, -0.2) is 4.68 Å². The van der Waals surface area contributed by atoms with Gasteiger partial charge in [0.2, 0.25) is 5.91 Å². The first kappa shape index (κ1) is 23.5. The molecule has 2 amide bonds. The largest absolute Gasteiger partial charge is 0.434 e. The number of nitrogens with zero attached hydrogens (tertiary/aromatic N) is 3. The number of hydrogen-bond donors (Lipinski definition) is 2. The van der Waals surface area contributed by atoms with Gasteiger partial charge in [-0.05, 0) is 36.4 Å². The molecule has 178 valence electrons. The lowest BCUT2D eigenvalue weighted by atomic mass is 10.2. The molecule has 0 radical (unpaired) electrons. The van der Waals surface area contributed by atoms with Crippen molar-refractivity contribution in [1.82, 2.24) is 14.7 Å². The number of halogens is 3. The maximum atomic E-state index is 13.8. The topological polar surface area (TPSA) is 88.5 Å². The summed E-state index contributed by atoms with van der Waals surface area (Å²) in [5, 5.41) is 9.00. The Hall–Kier alpha value is -3.70. The number of carbonyl (C=O) groups is 2. The summed E-state index contributed by atoms with van der Waals surface area (Å²) in [5.41, 5.74) is -0.797. The second kappa shape index (κ2) is 10.1. The fourth-order valence-electron chi connectivity index (χ4n) is 3.55. The van der Waals surface area contributed by atoms with E-state index in [-0.39, 0.29) is 23.8 Å². The Morgan fingerprint density at radius 1 is 0.941 bits per heavy atom. The van der Waals surface area contributed by atoms with E-state index in [0.29, 0.717) is 36.7 Å². The molecular formula is C23H22F3N5O3. The normalized spacial score (nSPS) is 14.6. The molecule has 0 atom stereocenters. The fourth-order valence-corrected chi connectivity index (χ4v) is 3.55. The summed E-state index contributed by atoms with van der Waals surface area (Å²) >= 11 is 0. The van der Waals surface area contributed by atoms with Crippen LogP contribution in [-0.4, -0.2) is 59.3 Å². The zero-order chi connectivity index (χ0) is 24.1. The monoisotopic (exact) mass is 473 g/mol. The number of nitrogens with one attached hydrogen (secondary N) is 2. The van der Waals surface area contributed by atoms with E-state index in [1.807, 2.05) is 4.90 Å². The van der Waals surface area contributed by atoms with E-state index in [9.17, 15) is 22.8 Å². The summed E-state index contributed by atoms with van der Waals surface area (Å²) in [6, 6.07) is 13.9. The molecule has 0 bridgehead atoms. The van der Waals surface area contributed by atoms with Crippen LogP contribution in [0.2, 0.25) is 0 Å². The van der Waals surface area contributed by atoms with E-state index < -0.39 is 23.3 Å². The first-order valence-corrected chi connectivity index (χ1v) is 10.5. The minimum atomic E-state index is -4.80. The number of ether oxygens (including phenoxy) is 1. The highest BCUT2D eigenvalue weighted by Crippen LogP contribution is 2.34. The van der Waals surface area contributed by atoms with E-state index >= 15 is 0 Å². The number of morpholine rings is 1. The first-order chi connectivity index (χ1) is 16.3. The lowest BCUT2D eigenvalue weighted by Gasteiger charge is -2.25. The van der Waals surface area contributed by atoms with Crippen molar-refractivity contribution in [3.05, 3.63) is 72.1 Å². The minimum Gasteiger partial charge on any atom is -0.379 e. The van der Waals surface area contributed by atoms with Crippen molar-refractivity contribution in [3.8, 4) is 5.69 Å². The molecular weight excluding hydrogens is 451 g/mol. The molecule has 1 aliphatic heterocycles. The lowest BCUT2D eigenvalue weighted by Crippen LogP contribution is -2.41. The van der Waals surface area contributed by atoms with Crippen LogP contribution in [-0.2, 0) is 15.7 Å². The molecule has 2 heterocycles. The number of para-hydroxylation sites is 1. The summed E-state index contributed by atoms with van der Waals surface area (Å²) < 4.78 is 47.3. The van der Waals surface area contributed by atoms with Crippen molar-refractivity contribution < 1.29 is 27.5 Å². The van der Waals surface area contributed by atoms with Crippen molar-refractivity contribution in [3.63, 3.8) is 0 Å². The maximum Gasteiger partial charge on any atom is 0.434 e. The molecule has 1 saturated heterocycles. The molecule has 0 aliphatic carbocycles. The van der Waals surface area contributed by atoms with Crippen molar-refractivity contribution >= 4 is 23.2 Å². The third kappa shape index (κ3) is 5.61. The van der Waals surface area contributed by atoms with Gasteiger partial charge >= 0.3 is 6.18 Å². The number of carbonyl (C=O) groups excluding carboxylic acids is 2. The Kier molecular flexibility index (Phi) is 6.94. The average molecular weight is 473 g/mol. The zero-order valence-electron chi connectivity index (χ0n) is 18.0. The van der Waals surface area contributed by atoms with Gasteiger partial charge < -0.3 is 15.4 Å². The Morgan fingerprint density at radius 2 is 1.56 bits per heavy atom. The third-order valence-corrected chi connectivity index (χ3v) is 5.18. The van der Waals surface area contributed by atoms with Crippen LogP contribution < -0.4 is 10.6 Å². The summed E-state index contributed by atoms with van der Waals surface area (Å²) in [6.45, 7) is 2.76. The van der Waals surface area contributed by atoms with Gasteiger partial charge in [-0.3, -0.25) is 14.5 Å². The maximum absolute atomic E-state index is 13.8. The Labute approximate surface area is 193 Å². The smallest absolute Gasteiger partial charge is 0.379 e. The highest BCUT2D eigenvalue weighted by molar-refractivity contribution is 6.05. The zero-order valence-corrected chi connectivity index (χ0v) is 18.0. The highest BCUT2D eigenvalue weighted by Gasteiger charge is 2.40. The van der Waals surface area contributed by atoms with E-state index in [2.05, 4.69) is 15.7 Å². The molecule has 4 rings (SSSR count). The predicted octanol–water partition coefficient (Wildman–Crippen LogP) is 3.41. The quantitative estimate of drug-likeness (QED) is 0.573. The summed E-state index contributed by atoms with van der Waals surface area (Å²) in [7, 11) is 0. The summed E-state index contributed by atoms with van der Waals surface area (Å²) in [4.78, 5) is 26.8. The Morgan fingerprint density at radius 3 is 2.18 bits per heavy atom. The number of alkyl halides is 3. The minimum absolute atomic E-state index is 0.186. The second-order valence-electron chi connectivity index (χ2n) is 7.62. The fraction of sp³-hybridized carbons (Fsp3) is 0.261. The number of benzene rings is 2. The van der Waals surface area contributed by atoms with Gasteiger partial charge in [0.05, 0.1) is 37.2 Å². The van der Waals surface area contributed by atoms with Crippen molar-refractivity contribution in [2.75, 3.05) is 43.5 Å². The molecule has 8 nitrogen and oxygen atoms in total. The van der Waals surface area contributed by atoms with Crippen LogP contribution in [0.25, 0.3) is 5.69 Å². The van der Waals surface area contributed by atoms with E-state index in [4.69, 9.17) is 4.74 Å². The lowest BCUT2D eigenvalue weighted by molar-refractivity contribution is -0.143. The molecule has 0 unspecified atom stereocenters. The van der Waals surface area contributed by atoms with Crippen molar-refractivity contribution in [2.45, 2.75) is 6.18 Å². The van der Waals surface area contributed by atoms with Crippen LogP contribution in [0.3, 0.4) is 0 Å². The average Bonchev–Trinajstić information content (AvgIpc) is 3.28. The standard InChI is InChI=1S/C23H22F3N5O3/c24-23(25,26)21-19(14-27-31(21)18-4-2-1-3-5-18)22(33)29-17-8-6-16(7-9-17)28-20(32)15-30-10-12-34-13-11-30/h1-9,14H,10-13,15H2,(H,28,32)(H,29,33). The molecule has 11 heteroatoms. The molecule has 1 aliphatic rings. The van der Waals surface area contributed by atoms with E-state index in [1.54, 1.807) is 30.3 Å². The number of amides is 2. The van der Waals surface area contributed by atoms with Crippen molar-refractivity contribution in [2.24, 2.45) is 0 Å². The second-order valence-corrected chi connectivity index (χ2v) is 7.62. The Bertz CT molecular complexity index is 1140. The molecule has 1 fully saturated rings. The van der Waals surface area contributed by atoms with Crippen LogP contribution >= 0.6 is 0 Å². The number of rotatable bonds is 6. The SMILES string of the molecule is O=C(CN1CCOCC1)Nc1ccc(NC(=O)c2cnn(-c3ccccc3)c2C(F)(F)F)cc1. The highest BCUT2D eigenvalue weighted by atomic mass is 19.4. The van der Waals surface area contributed by atoms with Crippen LogP contribution in [0.4, 0.5) is 24.5 Å². The third-order valence-electron chi connectivity index (χ3n) is 5.18. The van der Waals surface area contributed by atoms with Gasteiger partial charge in [-0.15, -0.1) is 0 Å².